The van der Waals surface area contributed by atoms with Gasteiger partial charge in [0.25, 0.3) is 0 Å². The summed E-state index contributed by atoms with van der Waals surface area (Å²) in [6.07, 6.45) is -0.239. The average Bonchev–Trinajstić information content (AvgIpc) is 3.05. The summed E-state index contributed by atoms with van der Waals surface area (Å²) in [5, 5.41) is 4.70. The Balaban J connectivity index is 1.17. The van der Waals surface area contributed by atoms with Crippen LogP contribution in [0, 0.1) is 6.92 Å². The fraction of sp³-hybridized carbons (Fsp3) is 0.0541. The number of hydrogen-bond donors (Lipinski definition) is 1. The van der Waals surface area contributed by atoms with Gasteiger partial charge in [0.1, 0.15) is 12.0 Å². The fourth-order valence-corrected chi connectivity index (χ4v) is 5.26. The lowest BCUT2D eigenvalue weighted by Crippen LogP contribution is -2.33. The van der Waals surface area contributed by atoms with Crippen LogP contribution in [0.25, 0.3) is 33.2 Å². The molecular weight excluding hydrogens is 500 g/mol. The molecule has 196 valence electrons. The summed E-state index contributed by atoms with van der Waals surface area (Å²) in [5.74, 6) is 1.55. The van der Waals surface area contributed by atoms with Crippen molar-refractivity contribution in [1.82, 2.24) is 10.3 Å². The van der Waals surface area contributed by atoms with Crippen LogP contribution in [0.15, 0.2) is 150 Å². The van der Waals surface area contributed by atoms with Gasteiger partial charge in [-0.15, -0.1) is 0 Å². The number of aromatic nitrogens is 1. The number of amidine groups is 2. The molecule has 0 bridgehead atoms. The molecule has 1 aliphatic rings. The zero-order chi connectivity index (χ0) is 27.6. The molecule has 4 heteroatoms. The molecule has 0 amide bonds. The summed E-state index contributed by atoms with van der Waals surface area (Å²) < 4.78 is 0. The molecule has 1 atom stereocenters. The standard InChI is InChI=1S/C37H28N4/c1-25-15-16-29-13-8-14-33(34(29)38-25)28-21-17-26(18-22-28)27-19-23-32(24-20-27)37-40-35(30-9-4-2-5-10-30)39-36(41-37)31-11-6-3-7-12-31/h2-24,37H,1H3,(H,39,40,41). The van der Waals surface area contributed by atoms with Gasteiger partial charge in [0.2, 0.25) is 0 Å². The van der Waals surface area contributed by atoms with Crippen LogP contribution in [0.2, 0.25) is 0 Å². The molecule has 1 aromatic heterocycles. The molecule has 1 aliphatic heterocycles. The van der Waals surface area contributed by atoms with Crippen molar-refractivity contribution in [2.45, 2.75) is 13.1 Å². The molecule has 41 heavy (non-hydrogen) atoms. The van der Waals surface area contributed by atoms with E-state index < -0.39 is 0 Å². The first-order valence-electron chi connectivity index (χ1n) is 13.8. The number of hydrogen-bond acceptors (Lipinski definition) is 4. The van der Waals surface area contributed by atoms with Crippen LogP contribution in [0.1, 0.15) is 28.6 Å². The van der Waals surface area contributed by atoms with Crippen LogP contribution < -0.4 is 5.32 Å². The summed E-state index contributed by atoms with van der Waals surface area (Å²) >= 11 is 0. The van der Waals surface area contributed by atoms with Crippen LogP contribution in [-0.4, -0.2) is 16.7 Å². The van der Waals surface area contributed by atoms with Crippen molar-refractivity contribution in [1.29, 1.82) is 0 Å². The summed E-state index contributed by atoms with van der Waals surface area (Å²) in [6, 6.07) is 48.3. The van der Waals surface area contributed by atoms with Gasteiger partial charge < -0.3 is 5.32 Å². The molecule has 1 unspecified atom stereocenters. The maximum absolute atomic E-state index is 4.99. The molecule has 7 rings (SSSR count). The Labute approximate surface area is 239 Å². The Morgan fingerprint density at radius 1 is 0.537 bits per heavy atom. The number of nitrogens with zero attached hydrogens (tertiary/aromatic N) is 3. The third-order valence-electron chi connectivity index (χ3n) is 7.44. The van der Waals surface area contributed by atoms with E-state index in [1.54, 1.807) is 0 Å². The molecule has 5 aromatic carbocycles. The highest BCUT2D eigenvalue weighted by atomic mass is 15.2. The lowest BCUT2D eigenvalue weighted by molar-refractivity contribution is 0.674. The molecule has 0 saturated heterocycles. The maximum Gasteiger partial charge on any atom is 0.159 e. The van der Waals surface area contributed by atoms with Crippen LogP contribution in [0.5, 0.6) is 0 Å². The Kier molecular flexibility index (Phi) is 6.42. The van der Waals surface area contributed by atoms with E-state index >= 15 is 0 Å². The summed E-state index contributed by atoms with van der Waals surface area (Å²) in [4.78, 5) is 14.7. The van der Waals surface area contributed by atoms with Gasteiger partial charge in [-0.1, -0.05) is 133 Å². The van der Waals surface area contributed by atoms with Gasteiger partial charge in [-0.2, -0.15) is 0 Å². The maximum atomic E-state index is 4.99. The molecule has 4 nitrogen and oxygen atoms in total. The third kappa shape index (κ3) is 5.04. The van der Waals surface area contributed by atoms with Crippen LogP contribution in [0.3, 0.4) is 0 Å². The highest BCUT2D eigenvalue weighted by Crippen LogP contribution is 2.31. The second kappa shape index (κ2) is 10.7. The number of aliphatic imine (C=N–C) groups is 2. The number of aryl methyl sites for hydroxylation is 1. The predicted octanol–water partition coefficient (Wildman–Crippen LogP) is 8.37. The van der Waals surface area contributed by atoms with Gasteiger partial charge in [-0.25, -0.2) is 9.98 Å². The number of nitrogens with one attached hydrogen (secondary N) is 1. The fourth-order valence-electron chi connectivity index (χ4n) is 5.26. The quantitative estimate of drug-likeness (QED) is 0.244. The Morgan fingerprint density at radius 2 is 1.17 bits per heavy atom. The number of fused-ring (bicyclic) bond motifs is 1. The molecule has 0 radical (unpaired) electrons. The average molecular weight is 529 g/mol. The largest absolute Gasteiger partial charge is 0.344 e. The molecule has 0 fully saturated rings. The van der Waals surface area contributed by atoms with E-state index in [4.69, 9.17) is 15.0 Å². The number of benzene rings is 5. The predicted molar refractivity (Wildman–Crippen MR) is 169 cm³/mol. The highest BCUT2D eigenvalue weighted by molar-refractivity contribution is 6.13. The molecule has 1 N–H and O–H groups in total. The van der Waals surface area contributed by atoms with Gasteiger partial charge >= 0.3 is 0 Å². The second-order valence-electron chi connectivity index (χ2n) is 10.2. The first-order valence-corrected chi connectivity index (χ1v) is 13.8. The van der Waals surface area contributed by atoms with Crippen LogP contribution >= 0.6 is 0 Å². The summed E-state index contributed by atoms with van der Waals surface area (Å²) in [6.45, 7) is 2.04. The normalized spacial score (nSPS) is 14.7. The van der Waals surface area contributed by atoms with E-state index in [0.29, 0.717) is 0 Å². The highest BCUT2D eigenvalue weighted by Gasteiger charge is 2.21. The van der Waals surface area contributed by atoms with E-state index in [0.717, 1.165) is 61.6 Å². The molecule has 0 saturated carbocycles. The van der Waals surface area contributed by atoms with Gasteiger partial charge in [0, 0.05) is 27.8 Å². The summed E-state index contributed by atoms with van der Waals surface area (Å²) in [5.41, 5.74) is 9.83. The first kappa shape index (κ1) is 24.7. The minimum atomic E-state index is -0.239. The topological polar surface area (TPSA) is 49.6 Å². The third-order valence-corrected chi connectivity index (χ3v) is 7.44. The Morgan fingerprint density at radius 3 is 1.88 bits per heavy atom. The van der Waals surface area contributed by atoms with Crippen molar-refractivity contribution in [3.63, 3.8) is 0 Å². The molecule has 2 heterocycles. The van der Waals surface area contributed by atoms with E-state index in [1.807, 2.05) is 43.3 Å². The van der Waals surface area contributed by atoms with E-state index in [9.17, 15) is 0 Å². The van der Waals surface area contributed by atoms with Crippen molar-refractivity contribution >= 4 is 22.6 Å². The van der Waals surface area contributed by atoms with Crippen molar-refractivity contribution < 1.29 is 0 Å². The van der Waals surface area contributed by atoms with Gasteiger partial charge in [-0.05, 0) is 35.2 Å². The van der Waals surface area contributed by atoms with Gasteiger partial charge in [0.05, 0.1) is 5.52 Å². The van der Waals surface area contributed by atoms with Crippen molar-refractivity contribution in [3.8, 4) is 22.3 Å². The Hall–Kier alpha value is -5.35. The van der Waals surface area contributed by atoms with E-state index in [1.165, 1.54) is 5.56 Å². The minimum absolute atomic E-state index is 0.239. The van der Waals surface area contributed by atoms with Gasteiger partial charge in [-0.3, -0.25) is 4.98 Å². The number of rotatable bonds is 5. The van der Waals surface area contributed by atoms with Crippen molar-refractivity contribution in [2.24, 2.45) is 9.98 Å². The van der Waals surface area contributed by atoms with Crippen LogP contribution in [0.4, 0.5) is 0 Å². The first-order chi connectivity index (χ1) is 20.2. The van der Waals surface area contributed by atoms with E-state index in [2.05, 4.69) is 108 Å². The molecule has 0 aliphatic carbocycles. The van der Waals surface area contributed by atoms with Gasteiger partial charge in [0.15, 0.2) is 5.84 Å². The molecule has 6 aromatic rings. The zero-order valence-corrected chi connectivity index (χ0v) is 22.7. The second-order valence-corrected chi connectivity index (χ2v) is 10.2. The monoisotopic (exact) mass is 528 g/mol. The van der Waals surface area contributed by atoms with E-state index in [-0.39, 0.29) is 6.17 Å². The Bertz CT molecular complexity index is 1890. The van der Waals surface area contributed by atoms with Crippen molar-refractivity contribution in [2.75, 3.05) is 0 Å². The minimum Gasteiger partial charge on any atom is -0.344 e. The lowest BCUT2D eigenvalue weighted by atomic mass is 9.97. The number of pyridine rings is 1. The smallest absolute Gasteiger partial charge is 0.159 e. The van der Waals surface area contributed by atoms with Crippen molar-refractivity contribution in [3.05, 3.63) is 162 Å². The SMILES string of the molecule is Cc1ccc2cccc(-c3ccc(-c4ccc(C5N=C(c6ccccc6)N=C(c6ccccc6)N5)cc4)cc3)c2n1. The zero-order valence-electron chi connectivity index (χ0n) is 22.7. The number of para-hydroxylation sites is 1. The molecular formula is C37H28N4. The lowest BCUT2D eigenvalue weighted by Gasteiger charge is -2.23. The van der Waals surface area contributed by atoms with Crippen LogP contribution in [-0.2, 0) is 0 Å². The summed E-state index contributed by atoms with van der Waals surface area (Å²) in [7, 11) is 0. The molecule has 0 spiro atoms.